The van der Waals surface area contributed by atoms with Gasteiger partial charge in [0.05, 0.1) is 24.0 Å². The highest BCUT2D eigenvalue weighted by Crippen LogP contribution is 2.13. The second-order valence-corrected chi connectivity index (χ2v) is 3.85. The summed E-state index contributed by atoms with van der Waals surface area (Å²) in [5.41, 5.74) is 0.707. The molecule has 0 fully saturated rings. The molecule has 4 nitrogen and oxygen atoms in total. The van der Waals surface area contributed by atoms with Gasteiger partial charge in [-0.15, -0.1) is 0 Å². The van der Waals surface area contributed by atoms with Crippen molar-refractivity contribution in [3.63, 3.8) is 0 Å². The zero-order valence-corrected chi connectivity index (χ0v) is 9.99. The molecule has 1 amide bonds. The van der Waals surface area contributed by atoms with Gasteiger partial charge in [-0.25, -0.2) is 9.37 Å². The standard InChI is InChI=1S/C12H9ClFN3O/c13-11-10(5-8(14)6-16-11)12(18)17-7-9-3-1-2-4-15-9/h1-6H,7H2,(H,17,18). The molecule has 2 aromatic rings. The molecule has 0 aliphatic heterocycles. The van der Waals surface area contributed by atoms with Crippen LogP contribution in [0.2, 0.25) is 5.15 Å². The van der Waals surface area contributed by atoms with Crippen LogP contribution in [-0.4, -0.2) is 15.9 Å². The minimum Gasteiger partial charge on any atom is -0.346 e. The zero-order valence-electron chi connectivity index (χ0n) is 9.23. The van der Waals surface area contributed by atoms with E-state index in [4.69, 9.17) is 11.6 Å². The molecule has 6 heteroatoms. The molecule has 18 heavy (non-hydrogen) atoms. The van der Waals surface area contributed by atoms with Crippen molar-refractivity contribution in [2.45, 2.75) is 6.54 Å². The van der Waals surface area contributed by atoms with Crippen molar-refractivity contribution in [3.8, 4) is 0 Å². The van der Waals surface area contributed by atoms with E-state index in [0.717, 1.165) is 12.3 Å². The second-order valence-electron chi connectivity index (χ2n) is 3.50. The van der Waals surface area contributed by atoms with Crippen LogP contribution in [0, 0.1) is 5.82 Å². The minimum absolute atomic E-state index is 0.00703. The minimum atomic E-state index is -0.609. The quantitative estimate of drug-likeness (QED) is 0.866. The third-order valence-corrected chi connectivity index (χ3v) is 2.51. The van der Waals surface area contributed by atoms with E-state index in [-0.39, 0.29) is 17.3 Å². The molecule has 1 N–H and O–H groups in total. The Morgan fingerprint density at radius 1 is 1.39 bits per heavy atom. The lowest BCUT2D eigenvalue weighted by Crippen LogP contribution is -2.24. The van der Waals surface area contributed by atoms with Gasteiger partial charge >= 0.3 is 0 Å². The number of nitrogens with one attached hydrogen (secondary N) is 1. The third kappa shape index (κ3) is 3.01. The van der Waals surface area contributed by atoms with Crippen LogP contribution in [0.4, 0.5) is 4.39 Å². The normalized spacial score (nSPS) is 10.1. The molecule has 2 rings (SSSR count). The largest absolute Gasteiger partial charge is 0.346 e. The monoisotopic (exact) mass is 265 g/mol. The molecule has 92 valence electrons. The number of amides is 1. The van der Waals surface area contributed by atoms with Crippen LogP contribution in [0.1, 0.15) is 16.1 Å². The van der Waals surface area contributed by atoms with Crippen molar-refractivity contribution in [1.82, 2.24) is 15.3 Å². The maximum absolute atomic E-state index is 13.0. The van der Waals surface area contributed by atoms with E-state index in [1.807, 2.05) is 6.07 Å². The van der Waals surface area contributed by atoms with Gasteiger partial charge in [0.1, 0.15) is 11.0 Å². The Morgan fingerprint density at radius 2 is 2.22 bits per heavy atom. The molecule has 0 saturated carbocycles. The predicted octanol–water partition coefficient (Wildman–Crippen LogP) is 2.20. The average Bonchev–Trinajstić information content (AvgIpc) is 2.40. The molecule has 0 spiro atoms. The molecule has 0 unspecified atom stereocenters. The summed E-state index contributed by atoms with van der Waals surface area (Å²) in [6, 6.07) is 6.40. The summed E-state index contributed by atoms with van der Waals surface area (Å²) in [4.78, 5) is 19.4. The summed E-state index contributed by atoms with van der Waals surface area (Å²) < 4.78 is 13.0. The number of hydrogen-bond acceptors (Lipinski definition) is 3. The van der Waals surface area contributed by atoms with E-state index in [0.29, 0.717) is 5.69 Å². The van der Waals surface area contributed by atoms with Gasteiger partial charge in [-0.05, 0) is 18.2 Å². The fourth-order valence-corrected chi connectivity index (χ4v) is 1.54. The van der Waals surface area contributed by atoms with Gasteiger partial charge in [0.2, 0.25) is 0 Å². The fraction of sp³-hybridized carbons (Fsp3) is 0.0833. The van der Waals surface area contributed by atoms with E-state index in [1.54, 1.807) is 18.3 Å². The van der Waals surface area contributed by atoms with E-state index in [2.05, 4.69) is 15.3 Å². The number of carbonyl (C=O) groups is 1. The number of pyridine rings is 2. The van der Waals surface area contributed by atoms with Crippen molar-refractivity contribution in [1.29, 1.82) is 0 Å². The summed E-state index contributed by atoms with van der Waals surface area (Å²) in [5.74, 6) is -1.10. The highest BCUT2D eigenvalue weighted by molar-refractivity contribution is 6.32. The van der Waals surface area contributed by atoms with Crippen LogP contribution in [0.25, 0.3) is 0 Å². The number of rotatable bonds is 3. The van der Waals surface area contributed by atoms with Crippen molar-refractivity contribution >= 4 is 17.5 Å². The van der Waals surface area contributed by atoms with Crippen LogP contribution in [0.5, 0.6) is 0 Å². The van der Waals surface area contributed by atoms with Crippen LogP contribution < -0.4 is 5.32 Å². The Bertz CT molecular complexity index is 563. The van der Waals surface area contributed by atoms with Gasteiger partial charge < -0.3 is 5.32 Å². The van der Waals surface area contributed by atoms with Gasteiger partial charge in [0.25, 0.3) is 5.91 Å². The number of carbonyl (C=O) groups excluding carboxylic acids is 1. The summed E-state index contributed by atoms with van der Waals surface area (Å²) in [6.45, 7) is 0.243. The Hall–Kier alpha value is -2.01. The Morgan fingerprint density at radius 3 is 2.94 bits per heavy atom. The van der Waals surface area contributed by atoms with Crippen molar-refractivity contribution < 1.29 is 9.18 Å². The Labute approximate surface area is 108 Å². The third-order valence-electron chi connectivity index (χ3n) is 2.21. The van der Waals surface area contributed by atoms with Crippen molar-refractivity contribution in [2.75, 3.05) is 0 Å². The number of aromatic nitrogens is 2. The second kappa shape index (κ2) is 5.55. The molecule has 2 heterocycles. The zero-order chi connectivity index (χ0) is 13.0. The first-order chi connectivity index (χ1) is 8.66. The van der Waals surface area contributed by atoms with Crippen LogP contribution in [-0.2, 0) is 6.54 Å². The van der Waals surface area contributed by atoms with Crippen LogP contribution in [0.15, 0.2) is 36.7 Å². The van der Waals surface area contributed by atoms with Crippen molar-refractivity contribution in [3.05, 3.63) is 58.9 Å². The van der Waals surface area contributed by atoms with Crippen LogP contribution in [0.3, 0.4) is 0 Å². The molecule has 0 aliphatic carbocycles. The van der Waals surface area contributed by atoms with E-state index in [9.17, 15) is 9.18 Å². The maximum atomic E-state index is 13.0. The molecular formula is C12H9ClFN3O. The average molecular weight is 266 g/mol. The number of nitrogens with zero attached hydrogens (tertiary/aromatic N) is 2. The smallest absolute Gasteiger partial charge is 0.254 e. The SMILES string of the molecule is O=C(NCc1ccccn1)c1cc(F)cnc1Cl. The Kier molecular flexibility index (Phi) is 3.84. The lowest BCUT2D eigenvalue weighted by atomic mass is 10.2. The first-order valence-corrected chi connectivity index (χ1v) is 5.54. The topological polar surface area (TPSA) is 54.9 Å². The van der Waals surface area contributed by atoms with Gasteiger partial charge in [-0.1, -0.05) is 17.7 Å². The lowest BCUT2D eigenvalue weighted by Gasteiger charge is -2.05. The summed E-state index contributed by atoms with van der Waals surface area (Å²) in [7, 11) is 0. The molecular weight excluding hydrogens is 257 g/mol. The number of hydrogen-bond donors (Lipinski definition) is 1. The first kappa shape index (κ1) is 12.4. The molecule has 2 aromatic heterocycles. The van der Waals surface area contributed by atoms with Gasteiger partial charge in [0, 0.05) is 6.20 Å². The van der Waals surface area contributed by atoms with E-state index < -0.39 is 11.7 Å². The van der Waals surface area contributed by atoms with E-state index in [1.165, 1.54) is 0 Å². The fourth-order valence-electron chi connectivity index (χ4n) is 1.35. The lowest BCUT2D eigenvalue weighted by molar-refractivity contribution is 0.0949. The van der Waals surface area contributed by atoms with E-state index >= 15 is 0 Å². The maximum Gasteiger partial charge on any atom is 0.254 e. The molecule has 0 saturated heterocycles. The van der Waals surface area contributed by atoms with Crippen molar-refractivity contribution in [2.24, 2.45) is 0 Å². The highest BCUT2D eigenvalue weighted by atomic mass is 35.5. The molecule has 0 bridgehead atoms. The molecule has 0 radical (unpaired) electrons. The van der Waals surface area contributed by atoms with Crippen LogP contribution >= 0.6 is 11.6 Å². The first-order valence-electron chi connectivity index (χ1n) is 5.16. The summed E-state index contributed by atoms with van der Waals surface area (Å²) >= 11 is 5.72. The van der Waals surface area contributed by atoms with Gasteiger partial charge in [-0.3, -0.25) is 9.78 Å². The van der Waals surface area contributed by atoms with Gasteiger partial charge in [0.15, 0.2) is 0 Å². The predicted molar refractivity (Wildman–Crippen MR) is 64.6 cm³/mol. The molecule has 0 aliphatic rings. The Balaban J connectivity index is 2.06. The number of halogens is 2. The summed E-state index contributed by atoms with van der Waals surface area (Å²) in [5, 5.41) is 2.56. The molecule has 0 aromatic carbocycles. The molecule has 0 atom stereocenters. The summed E-state index contributed by atoms with van der Waals surface area (Å²) in [6.07, 6.45) is 2.58. The highest BCUT2D eigenvalue weighted by Gasteiger charge is 2.12. The van der Waals surface area contributed by atoms with Gasteiger partial charge in [-0.2, -0.15) is 0 Å².